The largest absolute Gasteiger partial charge is 0.493 e. The van der Waals surface area contributed by atoms with E-state index in [-0.39, 0.29) is 6.04 Å². The lowest BCUT2D eigenvalue weighted by Gasteiger charge is -2.19. The van der Waals surface area contributed by atoms with Crippen LogP contribution < -0.4 is 10.1 Å². The van der Waals surface area contributed by atoms with Gasteiger partial charge in [0.05, 0.1) is 12.6 Å². The Balaban J connectivity index is 1.90. The third kappa shape index (κ3) is 2.85. The summed E-state index contributed by atoms with van der Waals surface area (Å²) < 4.78 is 18.9. The Morgan fingerprint density at radius 2 is 2.20 bits per heavy atom. The average molecular weight is 293 g/mol. The highest BCUT2D eigenvalue weighted by molar-refractivity contribution is 6.30. The van der Waals surface area contributed by atoms with E-state index in [1.54, 1.807) is 12.1 Å². The van der Waals surface area contributed by atoms with Gasteiger partial charge in [-0.3, -0.25) is 0 Å². The second kappa shape index (κ2) is 5.67. The molecule has 0 aliphatic carbocycles. The molecule has 0 saturated heterocycles. The predicted molar refractivity (Wildman–Crippen MR) is 76.7 cm³/mol. The number of nitrogens with one attached hydrogen (secondary N) is 1. The molecule has 2 heterocycles. The number of anilines is 1. The van der Waals surface area contributed by atoms with E-state index in [4.69, 9.17) is 16.3 Å². The third-order valence-corrected chi connectivity index (χ3v) is 3.52. The molecular formula is C15H14ClFN2O. The first-order chi connectivity index (χ1) is 9.72. The second-order valence-corrected chi connectivity index (χ2v) is 5.15. The second-order valence-electron chi connectivity index (χ2n) is 4.72. The Morgan fingerprint density at radius 1 is 1.30 bits per heavy atom. The maximum atomic E-state index is 13.2. The van der Waals surface area contributed by atoms with Crippen LogP contribution in [0.4, 0.5) is 10.2 Å². The molecule has 5 heteroatoms. The lowest BCUT2D eigenvalue weighted by Crippen LogP contribution is -2.11. The fourth-order valence-corrected chi connectivity index (χ4v) is 2.53. The summed E-state index contributed by atoms with van der Waals surface area (Å²) in [6.07, 6.45) is 1.81. The zero-order valence-electron chi connectivity index (χ0n) is 10.8. The Bertz CT molecular complexity index is 621. The van der Waals surface area contributed by atoms with Gasteiger partial charge in [-0.2, -0.15) is 4.39 Å². The van der Waals surface area contributed by atoms with Crippen LogP contribution in [0.1, 0.15) is 24.4 Å². The van der Waals surface area contributed by atoms with Crippen molar-refractivity contribution < 1.29 is 9.13 Å². The summed E-state index contributed by atoms with van der Waals surface area (Å²) in [6, 6.07) is 10.4. The Labute approximate surface area is 121 Å². The van der Waals surface area contributed by atoms with Gasteiger partial charge in [-0.25, -0.2) is 4.98 Å². The molecule has 1 aliphatic heterocycles. The highest BCUT2D eigenvalue weighted by Crippen LogP contribution is 2.35. The van der Waals surface area contributed by atoms with Crippen LogP contribution in [0, 0.1) is 5.95 Å². The first-order valence-electron chi connectivity index (χ1n) is 6.54. The molecule has 3 nitrogen and oxygen atoms in total. The smallest absolute Gasteiger partial charge is 0.214 e. The first-order valence-corrected chi connectivity index (χ1v) is 6.91. The van der Waals surface area contributed by atoms with Crippen molar-refractivity contribution in [2.75, 3.05) is 11.9 Å². The first kappa shape index (κ1) is 13.2. The van der Waals surface area contributed by atoms with Gasteiger partial charge in [0.15, 0.2) is 0 Å². The van der Waals surface area contributed by atoms with E-state index in [9.17, 15) is 4.39 Å². The highest BCUT2D eigenvalue weighted by atomic mass is 35.5. The molecule has 0 bridgehead atoms. The van der Waals surface area contributed by atoms with Crippen molar-refractivity contribution in [3.05, 3.63) is 52.9 Å². The minimum absolute atomic E-state index is 0.0408. The van der Waals surface area contributed by atoms with Crippen LogP contribution in [0.5, 0.6) is 5.75 Å². The van der Waals surface area contributed by atoms with Gasteiger partial charge in [0.25, 0.3) is 0 Å². The van der Waals surface area contributed by atoms with Crippen molar-refractivity contribution in [3.63, 3.8) is 0 Å². The average Bonchev–Trinajstić information content (AvgIpc) is 2.61. The number of pyridine rings is 1. The zero-order valence-corrected chi connectivity index (χ0v) is 11.5. The highest BCUT2D eigenvalue weighted by Gasteiger charge is 2.20. The van der Waals surface area contributed by atoms with E-state index >= 15 is 0 Å². The quantitative estimate of drug-likeness (QED) is 0.842. The minimum atomic E-state index is -0.490. The lowest BCUT2D eigenvalue weighted by atomic mass is 10.0. The Morgan fingerprint density at radius 3 is 3.05 bits per heavy atom. The molecular weight excluding hydrogens is 279 g/mol. The summed E-state index contributed by atoms with van der Waals surface area (Å²) in [6.45, 7) is 0.655. The molecule has 104 valence electrons. The summed E-state index contributed by atoms with van der Waals surface area (Å²) in [4.78, 5) is 3.84. The van der Waals surface area contributed by atoms with E-state index in [1.165, 1.54) is 6.07 Å². The van der Waals surface area contributed by atoms with Crippen molar-refractivity contribution in [1.29, 1.82) is 0 Å². The van der Waals surface area contributed by atoms with Gasteiger partial charge < -0.3 is 10.1 Å². The van der Waals surface area contributed by atoms with Crippen LogP contribution in [0.25, 0.3) is 0 Å². The number of nitrogens with zero attached hydrogens (tertiary/aromatic N) is 1. The Hall–Kier alpha value is -1.81. The van der Waals surface area contributed by atoms with E-state index in [1.807, 2.05) is 18.2 Å². The molecule has 0 spiro atoms. The summed E-state index contributed by atoms with van der Waals surface area (Å²) in [5.41, 5.74) is 1.03. The number of fused-ring (bicyclic) bond motifs is 1. The van der Waals surface area contributed by atoms with E-state index in [0.29, 0.717) is 17.4 Å². The van der Waals surface area contributed by atoms with Gasteiger partial charge in [0.1, 0.15) is 11.6 Å². The van der Waals surface area contributed by atoms with Crippen molar-refractivity contribution >= 4 is 17.4 Å². The molecule has 0 radical (unpaired) electrons. The van der Waals surface area contributed by atoms with Crippen LogP contribution in [0.2, 0.25) is 5.02 Å². The molecule has 1 aliphatic rings. The topological polar surface area (TPSA) is 34.1 Å². The van der Waals surface area contributed by atoms with Crippen LogP contribution in [-0.4, -0.2) is 11.6 Å². The summed E-state index contributed by atoms with van der Waals surface area (Å²) in [7, 11) is 0. The van der Waals surface area contributed by atoms with E-state index in [2.05, 4.69) is 10.3 Å². The van der Waals surface area contributed by atoms with Gasteiger partial charge in [-0.1, -0.05) is 23.7 Å². The molecule has 1 atom stereocenters. The minimum Gasteiger partial charge on any atom is -0.493 e. The number of benzene rings is 1. The summed E-state index contributed by atoms with van der Waals surface area (Å²) >= 11 is 6.00. The van der Waals surface area contributed by atoms with Crippen molar-refractivity contribution in [3.8, 4) is 5.75 Å². The SMILES string of the molecule is Fc1cccc(NC2CCCOc3cc(Cl)ccc32)n1. The summed E-state index contributed by atoms with van der Waals surface area (Å²) in [5.74, 6) is 0.818. The van der Waals surface area contributed by atoms with Crippen LogP contribution in [0.3, 0.4) is 0 Å². The fourth-order valence-electron chi connectivity index (χ4n) is 2.36. The van der Waals surface area contributed by atoms with Crippen molar-refractivity contribution in [2.45, 2.75) is 18.9 Å². The molecule has 1 aromatic carbocycles. The standard InChI is InChI=1S/C15H14ClFN2O/c16-10-6-7-11-12(3-2-8-20-13(11)9-10)18-15-5-1-4-14(17)19-15/h1,4-7,9,12H,2-3,8H2,(H,18,19). The van der Waals surface area contributed by atoms with Crippen LogP contribution in [-0.2, 0) is 0 Å². The van der Waals surface area contributed by atoms with Crippen molar-refractivity contribution in [1.82, 2.24) is 4.98 Å². The molecule has 3 rings (SSSR count). The van der Waals surface area contributed by atoms with Gasteiger partial charge in [-0.15, -0.1) is 0 Å². The Kier molecular flexibility index (Phi) is 3.74. The molecule has 20 heavy (non-hydrogen) atoms. The molecule has 1 aromatic heterocycles. The van der Waals surface area contributed by atoms with Gasteiger partial charge in [0.2, 0.25) is 5.95 Å². The number of hydrogen-bond acceptors (Lipinski definition) is 3. The van der Waals surface area contributed by atoms with E-state index in [0.717, 1.165) is 24.2 Å². The molecule has 0 fully saturated rings. The molecule has 2 aromatic rings. The molecule has 0 amide bonds. The fraction of sp³-hybridized carbons (Fsp3) is 0.267. The van der Waals surface area contributed by atoms with Crippen LogP contribution >= 0.6 is 11.6 Å². The molecule has 1 unspecified atom stereocenters. The normalized spacial score (nSPS) is 17.8. The monoisotopic (exact) mass is 292 g/mol. The molecule has 1 N–H and O–H groups in total. The van der Waals surface area contributed by atoms with Gasteiger partial charge >= 0.3 is 0 Å². The molecule has 0 saturated carbocycles. The number of rotatable bonds is 2. The van der Waals surface area contributed by atoms with Crippen molar-refractivity contribution in [2.24, 2.45) is 0 Å². The zero-order chi connectivity index (χ0) is 13.9. The van der Waals surface area contributed by atoms with Crippen LogP contribution in [0.15, 0.2) is 36.4 Å². The third-order valence-electron chi connectivity index (χ3n) is 3.28. The lowest BCUT2D eigenvalue weighted by molar-refractivity contribution is 0.316. The number of hydrogen-bond donors (Lipinski definition) is 1. The maximum Gasteiger partial charge on any atom is 0.214 e. The maximum absolute atomic E-state index is 13.2. The number of aromatic nitrogens is 1. The van der Waals surface area contributed by atoms with Gasteiger partial charge in [0, 0.05) is 10.6 Å². The van der Waals surface area contributed by atoms with Gasteiger partial charge in [-0.05, 0) is 37.1 Å². The number of halogens is 2. The summed E-state index contributed by atoms with van der Waals surface area (Å²) in [5, 5.41) is 3.91. The number of ether oxygens (including phenoxy) is 1. The predicted octanol–water partition coefficient (Wildman–Crippen LogP) is 4.20. The van der Waals surface area contributed by atoms with E-state index < -0.39 is 5.95 Å².